The predicted octanol–water partition coefficient (Wildman–Crippen LogP) is 1.75. The van der Waals surface area contributed by atoms with Crippen LogP contribution in [0, 0.1) is 5.92 Å². The molecule has 1 amide bonds. The van der Waals surface area contributed by atoms with E-state index < -0.39 is 0 Å². The Bertz CT molecular complexity index is 277. The normalized spacial score (nSPS) is 33.1. The van der Waals surface area contributed by atoms with E-state index >= 15 is 0 Å². The fourth-order valence-corrected chi connectivity index (χ4v) is 3.03. The fraction of sp³-hybridized carbons (Fsp3) is 0.929. The van der Waals surface area contributed by atoms with Crippen molar-refractivity contribution < 1.29 is 9.53 Å². The Labute approximate surface area is 110 Å². The van der Waals surface area contributed by atoms with Crippen LogP contribution < -0.4 is 5.32 Å². The molecule has 4 heteroatoms. The van der Waals surface area contributed by atoms with Crippen LogP contribution in [-0.4, -0.2) is 42.8 Å². The van der Waals surface area contributed by atoms with Crippen molar-refractivity contribution in [3.63, 3.8) is 0 Å². The van der Waals surface area contributed by atoms with Crippen LogP contribution in [0.5, 0.6) is 0 Å². The molecule has 1 N–H and O–H groups in total. The summed E-state index contributed by atoms with van der Waals surface area (Å²) in [6.07, 6.45) is 5.55. The van der Waals surface area contributed by atoms with Gasteiger partial charge in [-0.1, -0.05) is 20.3 Å². The van der Waals surface area contributed by atoms with Gasteiger partial charge in [0.1, 0.15) is 0 Å². The Morgan fingerprint density at radius 3 is 2.89 bits per heavy atom. The van der Waals surface area contributed by atoms with Gasteiger partial charge >= 0.3 is 0 Å². The number of carbonyl (C=O) groups is 1. The molecule has 2 saturated heterocycles. The SMILES string of the molecule is CCCC1NC(CC)N(CC2CCCOC2)C1=O. The zero-order valence-corrected chi connectivity index (χ0v) is 11.7. The Balaban J connectivity index is 1.93. The van der Waals surface area contributed by atoms with Crippen molar-refractivity contribution >= 4 is 5.91 Å². The predicted molar refractivity (Wildman–Crippen MR) is 71.2 cm³/mol. The fourth-order valence-electron chi connectivity index (χ4n) is 3.03. The van der Waals surface area contributed by atoms with Crippen LogP contribution in [0.2, 0.25) is 0 Å². The number of carbonyl (C=O) groups excluding carboxylic acids is 1. The summed E-state index contributed by atoms with van der Waals surface area (Å²) in [6, 6.07) is 0.0458. The molecule has 0 spiro atoms. The summed E-state index contributed by atoms with van der Waals surface area (Å²) in [5, 5.41) is 3.47. The third-order valence-corrected chi connectivity index (χ3v) is 4.02. The smallest absolute Gasteiger partial charge is 0.241 e. The maximum atomic E-state index is 12.4. The van der Waals surface area contributed by atoms with Crippen molar-refractivity contribution in [2.75, 3.05) is 19.8 Å². The molecule has 3 atom stereocenters. The van der Waals surface area contributed by atoms with Gasteiger partial charge in [0.15, 0.2) is 0 Å². The van der Waals surface area contributed by atoms with Gasteiger partial charge in [0.2, 0.25) is 5.91 Å². The third kappa shape index (κ3) is 3.04. The molecule has 0 radical (unpaired) electrons. The van der Waals surface area contributed by atoms with Crippen LogP contribution in [0.25, 0.3) is 0 Å². The van der Waals surface area contributed by atoms with Crippen molar-refractivity contribution in [3.05, 3.63) is 0 Å². The summed E-state index contributed by atoms with van der Waals surface area (Å²) in [5.74, 6) is 0.827. The van der Waals surface area contributed by atoms with E-state index in [1.807, 2.05) is 0 Å². The highest BCUT2D eigenvalue weighted by Crippen LogP contribution is 2.22. The summed E-state index contributed by atoms with van der Waals surface area (Å²) in [5.41, 5.74) is 0. The van der Waals surface area contributed by atoms with E-state index in [9.17, 15) is 4.79 Å². The second kappa shape index (κ2) is 6.53. The van der Waals surface area contributed by atoms with Crippen molar-refractivity contribution in [2.24, 2.45) is 5.92 Å². The molecule has 0 aliphatic carbocycles. The number of nitrogens with one attached hydrogen (secondary N) is 1. The summed E-state index contributed by atoms with van der Waals surface area (Å²) < 4.78 is 5.51. The van der Waals surface area contributed by atoms with E-state index in [1.165, 1.54) is 6.42 Å². The first-order valence-corrected chi connectivity index (χ1v) is 7.40. The first kappa shape index (κ1) is 13.8. The van der Waals surface area contributed by atoms with Crippen molar-refractivity contribution in [3.8, 4) is 0 Å². The Morgan fingerprint density at radius 2 is 2.28 bits per heavy atom. The van der Waals surface area contributed by atoms with Gasteiger partial charge in [-0.05, 0) is 25.7 Å². The Hall–Kier alpha value is -0.610. The standard InChI is InChI=1S/C14H26N2O2/c1-3-6-12-14(17)16(13(4-2)15-12)9-11-7-5-8-18-10-11/h11-13,15H,3-10H2,1-2H3. The van der Waals surface area contributed by atoms with E-state index in [2.05, 4.69) is 24.1 Å². The minimum Gasteiger partial charge on any atom is -0.381 e. The average molecular weight is 254 g/mol. The molecule has 104 valence electrons. The van der Waals surface area contributed by atoms with Gasteiger partial charge in [-0.2, -0.15) is 0 Å². The van der Waals surface area contributed by atoms with Crippen LogP contribution >= 0.6 is 0 Å². The molecule has 4 nitrogen and oxygen atoms in total. The molecule has 2 heterocycles. The minimum atomic E-state index is 0.0458. The topological polar surface area (TPSA) is 41.6 Å². The molecule has 0 saturated carbocycles. The number of hydrogen-bond acceptors (Lipinski definition) is 3. The van der Waals surface area contributed by atoms with Gasteiger partial charge in [-0.3, -0.25) is 10.1 Å². The number of amides is 1. The highest BCUT2D eigenvalue weighted by atomic mass is 16.5. The van der Waals surface area contributed by atoms with E-state index in [4.69, 9.17) is 4.74 Å². The molecule has 2 rings (SSSR count). The lowest BCUT2D eigenvalue weighted by Gasteiger charge is -2.30. The highest BCUT2D eigenvalue weighted by Gasteiger charge is 2.38. The van der Waals surface area contributed by atoms with Crippen LogP contribution in [0.4, 0.5) is 0 Å². The number of rotatable bonds is 5. The van der Waals surface area contributed by atoms with Gasteiger partial charge < -0.3 is 9.64 Å². The second-order valence-electron chi connectivity index (χ2n) is 5.51. The van der Waals surface area contributed by atoms with Crippen molar-refractivity contribution in [1.29, 1.82) is 0 Å². The van der Waals surface area contributed by atoms with E-state index in [0.29, 0.717) is 11.8 Å². The molecule has 2 aliphatic heterocycles. The number of hydrogen-bond donors (Lipinski definition) is 1. The molecular weight excluding hydrogens is 228 g/mol. The first-order valence-electron chi connectivity index (χ1n) is 7.40. The molecule has 0 bridgehead atoms. The van der Waals surface area contributed by atoms with Gasteiger partial charge in [0.25, 0.3) is 0 Å². The summed E-state index contributed by atoms with van der Waals surface area (Å²) in [7, 11) is 0. The molecule has 0 aromatic carbocycles. The van der Waals surface area contributed by atoms with Gasteiger partial charge in [0.05, 0.1) is 18.8 Å². The van der Waals surface area contributed by atoms with Crippen LogP contribution in [0.15, 0.2) is 0 Å². The quantitative estimate of drug-likeness (QED) is 0.812. The lowest BCUT2D eigenvalue weighted by atomic mass is 10.0. The lowest BCUT2D eigenvalue weighted by molar-refractivity contribution is -0.131. The number of ether oxygens (including phenoxy) is 1. The highest BCUT2D eigenvalue weighted by molar-refractivity contribution is 5.84. The maximum Gasteiger partial charge on any atom is 0.241 e. The van der Waals surface area contributed by atoms with E-state index in [-0.39, 0.29) is 12.2 Å². The average Bonchev–Trinajstić information content (AvgIpc) is 2.69. The van der Waals surface area contributed by atoms with Crippen LogP contribution in [-0.2, 0) is 9.53 Å². The van der Waals surface area contributed by atoms with Crippen LogP contribution in [0.3, 0.4) is 0 Å². The lowest BCUT2D eigenvalue weighted by Crippen LogP contribution is -2.41. The summed E-state index contributed by atoms with van der Waals surface area (Å²) in [6.45, 7) is 6.85. The third-order valence-electron chi connectivity index (χ3n) is 4.02. The van der Waals surface area contributed by atoms with Gasteiger partial charge in [-0.25, -0.2) is 0 Å². The van der Waals surface area contributed by atoms with Crippen LogP contribution in [0.1, 0.15) is 46.0 Å². The molecule has 2 aliphatic rings. The minimum absolute atomic E-state index is 0.0458. The monoisotopic (exact) mass is 254 g/mol. The molecule has 3 unspecified atom stereocenters. The molecule has 0 aromatic rings. The van der Waals surface area contributed by atoms with E-state index in [1.54, 1.807) is 0 Å². The Morgan fingerprint density at radius 1 is 1.44 bits per heavy atom. The Kier molecular flexibility index (Phi) is 5.01. The first-order chi connectivity index (χ1) is 8.76. The van der Waals surface area contributed by atoms with Crippen molar-refractivity contribution in [1.82, 2.24) is 10.2 Å². The molecule has 18 heavy (non-hydrogen) atoms. The largest absolute Gasteiger partial charge is 0.381 e. The van der Waals surface area contributed by atoms with E-state index in [0.717, 1.165) is 45.4 Å². The van der Waals surface area contributed by atoms with Gasteiger partial charge in [0, 0.05) is 19.1 Å². The number of nitrogens with zero attached hydrogens (tertiary/aromatic N) is 1. The summed E-state index contributed by atoms with van der Waals surface area (Å²) >= 11 is 0. The molecule has 2 fully saturated rings. The zero-order chi connectivity index (χ0) is 13.0. The summed E-state index contributed by atoms with van der Waals surface area (Å²) in [4.78, 5) is 14.4. The molecular formula is C14H26N2O2. The zero-order valence-electron chi connectivity index (χ0n) is 11.7. The van der Waals surface area contributed by atoms with Crippen molar-refractivity contribution in [2.45, 2.75) is 58.2 Å². The second-order valence-corrected chi connectivity index (χ2v) is 5.51. The molecule has 0 aromatic heterocycles. The maximum absolute atomic E-state index is 12.4. The van der Waals surface area contributed by atoms with Gasteiger partial charge in [-0.15, -0.1) is 0 Å².